The monoisotopic (exact) mass is 159 g/mol. The van der Waals surface area contributed by atoms with Crippen LogP contribution in [0.25, 0.3) is 0 Å². The van der Waals surface area contributed by atoms with Gasteiger partial charge in [-0.3, -0.25) is 4.79 Å². The van der Waals surface area contributed by atoms with Gasteiger partial charge < -0.3 is 4.98 Å². The van der Waals surface area contributed by atoms with E-state index in [1.54, 1.807) is 13.0 Å². The number of aryl methyl sites for hydroxylation is 1. The van der Waals surface area contributed by atoms with Crippen LogP contribution in [0.5, 0.6) is 0 Å². The highest BCUT2D eigenvalue weighted by Gasteiger charge is 2.05. The van der Waals surface area contributed by atoms with Gasteiger partial charge in [-0.25, -0.2) is 0 Å². The van der Waals surface area contributed by atoms with Gasteiger partial charge in [-0.05, 0) is 6.92 Å². The van der Waals surface area contributed by atoms with Crippen LogP contribution in [-0.2, 0) is 0 Å². The minimum Gasteiger partial charge on any atom is -0.325 e. The van der Waals surface area contributed by atoms with Crippen LogP contribution in [0.15, 0.2) is 10.9 Å². The summed E-state index contributed by atoms with van der Waals surface area (Å²) in [5.74, 6) is 0. The fraction of sp³-hybridized carbons (Fsp3) is 0.125. The second kappa shape index (κ2) is 2.89. The molecule has 0 aliphatic heterocycles. The molecule has 0 atom stereocenters. The number of nitrogens with one attached hydrogen (secondary N) is 1. The molecule has 0 aliphatic carbocycles. The van der Waals surface area contributed by atoms with Crippen molar-refractivity contribution in [2.45, 2.75) is 6.92 Å². The van der Waals surface area contributed by atoms with Gasteiger partial charge in [0.15, 0.2) is 0 Å². The molecule has 0 aromatic carbocycles. The number of nitrogens with zero attached hydrogens (tertiary/aromatic N) is 2. The van der Waals surface area contributed by atoms with Crippen LogP contribution in [-0.4, -0.2) is 4.98 Å². The summed E-state index contributed by atoms with van der Waals surface area (Å²) in [7, 11) is 0. The number of nitriles is 2. The second-order valence-electron chi connectivity index (χ2n) is 2.27. The molecule has 0 unspecified atom stereocenters. The Hall–Kier alpha value is -2.07. The minimum atomic E-state index is -0.358. The summed E-state index contributed by atoms with van der Waals surface area (Å²) in [6.45, 7) is 1.58. The Bertz CT molecular complexity index is 445. The highest BCUT2D eigenvalue weighted by molar-refractivity contribution is 5.46. The van der Waals surface area contributed by atoms with Gasteiger partial charge in [0.25, 0.3) is 0 Å². The molecule has 58 valence electrons. The molecule has 1 N–H and O–H groups in total. The maximum atomic E-state index is 10.8. The Kier molecular flexibility index (Phi) is 1.94. The topological polar surface area (TPSA) is 80.4 Å². The van der Waals surface area contributed by atoms with Gasteiger partial charge in [-0.2, -0.15) is 10.5 Å². The number of hydrogen-bond acceptors (Lipinski definition) is 3. The number of hydrogen-bond donors (Lipinski definition) is 1. The average Bonchev–Trinajstić information content (AvgIpc) is 2.03. The van der Waals surface area contributed by atoms with Crippen LogP contribution >= 0.6 is 0 Å². The maximum Gasteiger partial charge on any atom is 0.249 e. The van der Waals surface area contributed by atoms with Gasteiger partial charge in [-0.1, -0.05) is 0 Å². The summed E-state index contributed by atoms with van der Waals surface area (Å²) >= 11 is 0. The lowest BCUT2D eigenvalue weighted by molar-refractivity contribution is 1.12. The van der Waals surface area contributed by atoms with Crippen molar-refractivity contribution in [2.24, 2.45) is 0 Å². The molecule has 0 radical (unpaired) electrons. The molecule has 0 fully saturated rings. The van der Waals surface area contributed by atoms with E-state index in [0.717, 1.165) is 6.07 Å². The molecule has 0 saturated carbocycles. The SMILES string of the molecule is Cc1[nH]c(=O)cc(C#N)c1C#N. The largest absolute Gasteiger partial charge is 0.325 e. The normalized spacial score (nSPS) is 8.58. The van der Waals surface area contributed by atoms with Gasteiger partial charge in [0.1, 0.15) is 12.1 Å². The number of H-pyrrole nitrogens is 1. The van der Waals surface area contributed by atoms with Crippen molar-refractivity contribution < 1.29 is 0 Å². The molecular formula is C8H5N3O. The summed E-state index contributed by atoms with van der Waals surface area (Å²) < 4.78 is 0. The molecular weight excluding hydrogens is 154 g/mol. The number of pyridine rings is 1. The Labute approximate surface area is 68.7 Å². The second-order valence-corrected chi connectivity index (χ2v) is 2.27. The third-order valence-electron chi connectivity index (χ3n) is 1.46. The number of aromatic amines is 1. The summed E-state index contributed by atoms with van der Waals surface area (Å²) in [4.78, 5) is 13.3. The summed E-state index contributed by atoms with van der Waals surface area (Å²) in [6, 6.07) is 4.75. The standard InChI is InChI=1S/C8H5N3O/c1-5-7(4-10)6(3-9)2-8(12)11-5/h2H,1H3,(H,11,12). The molecule has 1 aromatic heterocycles. The van der Waals surface area contributed by atoms with E-state index in [0.29, 0.717) is 5.69 Å². The van der Waals surface area contributed by atoms with E-state index in [1.165, 1.54) is 0 Å². The van der Waals surface area contributed by atoms with Crippen LogP contribution in [0.4, 0.5) is 0 Å². The average molecular weight is 159 g/mol. The zero-order chi connectivity index (χ0) is 9.14. The van der Waals surface area contributed by atoms with Crippen LogP contribution in [0.1, 0.15) is 16.8 Å². The third kappa shape index (κ3) is 1.18. The van der Waals surface area contributed by atoms with Crippen LogP contribution in [0.2, 0.25) is 0 Å². The molecule has 0 saturated heterocycles. The Morgan fingerprint density at radius 3 is 2.58 bits per heavy atom. The molecule has 1 rings (SSSR count). The first-order valence-corrected chi connectivity index (χ1v) is 3.23. The predicted octanol–water partition coefficient (Wildman–Crippen LogP) is 0.427. The molecule has 0 amide bonds. The first-order valence-electron chi connectivity index (χ1n) is 3.23. The van der Waals surface area contributed by atoms with Gasteiger partial charge in [0.05, 0.1) is 11.1 Å². The van der Waals surface area contributed by atoms with E-state index in [2.05, 4.69) is 4.98 Å². The van der Waals surface area contributed by atoms with E-state index in [-0.39, 0.29) is 16.7 Å². The summed E-state index contributed by atoms with van der Waals surface area (Å²) in [5.41, 5.74) is 0.431. The van der Waals surface area contributed by atoms with Crippen LogP contribution in [0, 0.1) is 29.6 Å². The van der Waals surface area contributed by atoms with Crippen molar-refractivity contribution in [1.82, 2.24) is 4.98 Å². The molecule has 0 bridgehead atoms. The lowest BCUT2D eigenvalue weighted by Gasteiger charge is -1.96. The lowest BCUT2D eigenvalue weighted by Crippen LogP contribution is -2.09. The van der Waals surface area contributed by atoms with Crippen molar-refractivity contribution in [1.29, 1.82) is 10.5 Å². The van der Waals surface area contributed by atoms with Gasteiger partial charge in [0, 0.05) is 11.8 Å². The van der Waals surface area contributed by atoms with Gasteiger partial charge >= 0.3 is 0 Å². The molecule has 12 heavy (non-hydrogen) atoms. The molecule has 1 heterocycles. The molecule has 4 nitrogen and oxygen atoms in total. The van der Waals surface area contributed by atoms with E-state index in [4.69, 9.17) is 10.5 Å². The Morgan fingerprint density at radius 1 is 1.42 bits per heavy atom. The zero-order valence-electron chi connectivity index (χ0n) is 6.38. The van der Waals surface area contributed by atoms with Crippen molar-refractivity contribution in [2.75, 3.05) is 0 Å². The van der Waals surface area contributed by atoms with E-state index in [9.17, 15) is 4.79 Å². The van der Waals surface area contributed by atoms with Crippen molar-refractivity contribution in [3.05, 3.63) is 33.2 Å². The third-order valence-corrected chi connectivity index (χ3v) is 1.46. The van der Waals surface area contributed by atoms with Gasteiger partial charge in [-0.15, -0.1) is 0 Å². The van der Waals surface area contributed by atoms with E-state index < -0.39 is 0 Å². The smallest absolute Gasteiger partial charge is 0.249 e. The van der Waals surface area contributed by atoms with E-state index >= 15 is 0 Å². The molecule has 0 spiro atoms. The van der Waals surface area contributed by atoms with Crippen molar-refractivity contribution >= 4 is 0 Å². The zero-order valence-corrected chi connectivity index (χ0v) is 6.38. The maximum absolute atomic E-state index is 10.8. The fourth-order valence-electron chi connectivity index (χ4n) is 0.921. The minimum absolute atomic E-state index is 0.124. The van der Waals surface area contributed by atoms with Crippen LogP contribution in [0.3, 0.4) is 0 Å². The lowest BCUT2D eigenvalue weighted by atomic mass is 10.1. The fourth-order valence-corrected chi connectivity index (χ4v) is 0.921. The van der Waals surface area contributed by atoms with Crippen LogP contribution < -0.4 is 5.56 Å². The molecule has 0 aliphatic rings. The van der Waals surface area contributed by atoms with Crippen molar-refractivity contribution in [3.8, 4) is 12.1 Å². The molecule has 4 heteroatoms. The molecule has 1 aromatic rings. The van der Waals surface area contributed by atoms with Gasteiger partial charge in [0.2, 0.25) is 5.56 Å². The number of aromatic nitrogens is 1. The summed E-state index contributed by atoms with van der Waals surface area (Å²) in [6.07, 6.45) is 0. The van der Waals surface area contributed by atoms with Crippen molar-refractivity contribution in [3.63, 3.8) is 0 Å². The first kappa shape index (κ1) is 8.03. The number of rotatable bonds is 0. The van der Waals surface area contributed by atoms with E-state index in [1.807, 2.05) is 6.07 Å². The highest BCUT2D eigenvalue weighted by atomic mass is 16.1. The Balaban J connectivity index is 3.61. The predicted molar refractivity (Wildman–Crippen MR) is 41.2 cm³/mol. The summed E-state index contributed by atoms with van der Waals surface area (Å²) in [5, 5.41) is 17.1. The first-order chi connectivity index (χ1) is 5.69. The Morgan fingerprint density at radius 2 is 2.08 bits per heavy atom. The highest BCUT2D eigenvalue weighted by Crippen LogP contribution is 2.05. The quantitative estimate of drug-likeness (QED) is 0.595.